The van der Waals surface area contributed by atoms with Gasteiger partial charge in [-0.05, 0) is 18.2 Å². The molecule has 1 aromatic carbocycles. The molecule has 0 saturated heterocycles. The van der Waals surface area contributed by atoms with Crippen molar-refractivity contribution >= 4 is 29.2 Å². The predicted octanol–water partition coefficient (Wildman–Crippen LogP) is 0.837. The summed E-state index contributed by atoms with van der Waals surface area (Å²) in [6.07, 6.45) is 0. The number of hydrogen-bond acceptors (Lipinski definition) is 4. The number of hydrogen-bond donors (Lipinski definition) is 3. The summed E-state index contributed by atoms with van der Waals surface area (Å²) in [6.45, 7) is -0.105. The number of amides is 2. The molecule has 9 heteroatoms. The smallest absolute Gasteiger partial charge is 0.287 e. The molecule has 0 radical (unpaired) electrons. The van der Waals surface area contributed by atoms with Crippen LogP contribution < -0.4 is 16.4 Å². The van der Waals surface area contributed by atoms with Crippen molar-refractivity contribution in [3.8, 4) is 0 Å². The molecule has 23 heavy (non-hydrogen) atoms. The third-order valence-corrected chi connectivity index (χ3v) is 3.96. The third kappa shape index (κ3) is 2.50. The molecule has 1 aliphatic heterocycles. The van der Waals surface area contributed by atoms with Crippen LogP contribution in [0.25, 0.3) is 0 Å². The van der Waals surface area contributed by atoms with E-state index in [0.717, 1.165) is 0 Å². The lowest BCUT2D eigenvalue weighted by molar-refractivity contribution is -0.123. The lowest BCUT2D eigenvalue weighted by atomic mass is 10.0. The molecule has 0 spiro atoms. The largest absolute Gasteiger partial charge is 0.382 e. The standard InChI is InChI=1S/C14H13ClFN5O2/c1-18-14(23)13-20-12(17)11-10(19-9(22)5-21(11)13)7-4-6(16)2-3-8(7)15/h2-4,10H,5,17H2,1H3,(H,18,23)(H,19,22)/t10-/m0/s1. The van der Waals surface area contributed by atoms with Crippen LogP contribution in [0.1, 0.15) is 27.9 Å². The van der Waals surface area contributed by atoms with Gasteiger partial charge in [0.25, 0.3) is 5.91 Å². The zero-order valence-corrected chi connectivity index (χ0v) is 12.8. The molecule has 2 aromatic rings. The number of nitrogen functional groups attached to an aromatic ring is 1. The van der Waals surface area contributed by atoms with E-state index in [9.17, 15) is 14.0 Å². The van der Waals surface area contributed by atoms with Crippen molar-refractivity contribution in [3.05, 3.63) is 46.1 Å². The highest BCUT2D eigenvalue weighted by Gasteiger charge is 2.34. The fourth-order valence-corrected chi connectivity index (χ4v) is 2.84. The van der Waals surface area contributed by atoms with Crippen LogP contribution in [-0.2, 0) is 11.3 Å². The van der Waals surface area contributed by atoms with Gasteiger partial charge in [-0.2, -0.15) is 0 Å². The number of aromatic nitrogens is 2. The zero-order valence-electron chi connectivity index (χ0n) is 12.1. The summed E-state index contributed by atoms with van der Waals surface area (Å²) < 4.78 is 15.0. The van der Waals surface area contributed by atoms with Crippen LogP contribution in [0.3, 0.4) is 0 Å². The number of anilines is 1. The van der Waals surface area contributed by atoms with Crippen molar-refractivity contribution in [2.24, 2.45) is 0 Å². The molecule has 0 saturated carbocycles. The van der Waals surface area contributed by atoms with E-state index in [1.807, 2.05) is 0 Å². The maximum atomic E-state index is 13.6. The molecule has 120 valence electrons. The summed E-state index contributed by atoms with van der Waals surface area (Å²) in [4.78, 5) is 27.9. The predicted molar refractivity (Wildman–Crippen MR) is 81.4 cm³/mol. The molecule has 7 nitrogen and oxygen atoms in total. The highest BCUT2D eigenvalue weighted by atomic mass is 35.5. The van der Waals surface area contributed by atoms with Crippen LogP contribution in [0.5, 0.6) is 0 Å². The number of nitrogens with two attached hydrogens (primary N) is 1. The minimum absolute atomic E-state index is 0.0207. The number of halogens is 2. The highest BCUT2D eigenvalue weighted by Crippen LogP contribution is 2.34. The van der Waals surface area contributed by atoms with Gasteiger partial charge in [0.05, 0.1) is 11.7 Å². The van der Waals surface area contributed by atoms with Crippen molar-refractivity contribution in [1.29, 1.82) is 0 Å². The van der Waals surface area contributed by atoms with Crippen LogP contribution in [0.4, 0.5) is 10.2 Å². The van der Waals surface area contributed by atoms with Crippen molar-refractivity contribution in [2.45, 2.75) is 12.6 Å². The van der Waals surface area contributed by atoms with Crippen molar-refractivity contribution in [2.75, 3.05) is 12.8 Å². The van der Waals surface area contributed by atoms with E-state index in [-0.39, 0.29) is 29.1 Å². The second kappa shape index (κ2) is 5.54. The molecule has 0 bridgehead atoms. The molecule has 1 aromatic heterocycles. The van der Waals surface area contributed by atoms with E-state index in [0.29, 0.717) is 11.3 Å². The van der Waals surface area contributed by atoms with E-state index in [1.54, 1.807) is 0 Å². The summed E-state index contributed by atoms with van der Waals surface area (Å²) in [5, 5.41) is 5.42. The summed E-state index contributed by atoms with van der Waals surface area (Å²) >= 11 is 6.13. The second-order valence-corrected chi connectivity index (χ2v) is 5.44. The quantitative estimate of drug-likeness (QED) is 0.755. The Morgan fingerprint density at radius 1 is 1.57 bits per heavy atom. The Labute approximate surface area is 135 Å². The molecular formula is C14H13ClFN5O2. The van der Waals surface area contributed by atoms with Gasteiger partial charge in [-0.1, -0.05) is 11.6 Å². The van der Waals surface area contributed by atoms with Gasteiger partial charge in [-0.25, -0.2) is 9.37 Å². The first kappa shape index (κ1) is 15.3. The molecule has 0 fully saturated rings. The molecule has 0 aliphatic carbocycles. The number of nitrogens with zero attached hydrogens (tertiary/aromatic N) is 2. The molecular weight excluding hydrogens is 325 g/mol. The molecule has 4 N–H and O–H groups in total. The van der Waals surface area contributed by atoms with Gasteiger partial charge in [-0.3, -0.25) is 9.59 Å². The van der Waals surface area contributed by atoms with E-state index in [2.05, 4.69) is 15.6 Å². The Bertz CT molecular complexity index is 820. The normalized spacial score (nSPS) is 16.7. The number of fused-ring (bicyclic) bond motifs is 1. The molecule has 1 atom stereocenters. The van der Waals surface area contributed by atoms with Gasteiger partial charge < -0.3 is 20.9 Å². The van der Waals surface area contributed by atoms with Crippen LogP contribution in [0, 0.1) is 5.82 Å². The Kier molecular flexibility index (Phi) is 3.69. The second-order valence-electron chi connectivity index (χ2n) is 5.04. The summed E-state index contributed by atoms with van der Waals surface area (Å²) in [5.41, 5.74) is 6.66. The maximum Gasteiger partial charge on any atom is 0.287 e. The minimum Gasteiger partial charge on any atom is -0.382 e. The van der Waals surface area contributed by atoms with Crippen molar-refractivity contribution in [1.82, 2.24) is 20.2 Å². The van der Waals surface area contributed by atoms with E-state index in [4.69, 9.17) is 17.3 Å². The van der Waals surface area contributed by atoms with Crippen LogP contribution in [-0.4, -0.2) is 28.4 Å². The van der Waals surface area contributed by atoms with Gasteiger partial charge >= 0.3 is 0 Å². The fourth-order valence-electron chi connectivity index (χ4n) is 2.61. The number of carbonyl (C=O) groups is 2. The first-order valence-corrected chi connectivity index (χ1v) is 7.12. The Hall–Kier alpha value is -2.61. The Balaban J connectivity index is 2.20. The Morgan fingerprint density at radius 2 is 2.30 bits per heavy atom. The molecule has 1 aliphatic rings. The molecule has 2 heterocycles. The van der Waals surface area contributed by atoms with Gasteiger partial charge in [0.15, 0.2) is 0 Å². The van der Waals surface area contributed by atoms with Gasteiger partial charge in [0, 0.05) is 17.6 Å². The maximum absolute atomic E-state index is 13.6. The average molecular weight is 338 g/mol. The van der Waals surface area contributed by atoms with Gasteiger partial charge in [0.2, 0.25) is 11.7 Å². The number of nitrogens with one attached hydrogen (secondary N) is 2. The summed E-state index contributed by atoms with van der Waals surface area (Å²) in [7, 11) is 1.45. The molecule has 3 rings (SSSR count). The van der Waals surface area contributed by atoms with Crippen LogP contribution in [0.15, 0.2) is 18.2 Å². The summed E-state index contributed by atoms with van der Waals surface area (Å²) in [6, 6.07) is 3.04. The number of benzene rings is 1. The van der Waals surface area contributed by atoms with Crippen LogP contribution in [0.2, 0.25) is 5.02 Å². The monoisotopic (exact) mass is 337 g/mol. The Morgan fingerprint density at radius 3 is 3.00 bits per heavy atom. The SMILES string of the molecule is CNC(=O)c1nc(N)c2n1CC(=O)N[C@H]2c1cc(F)ccc1Cl. The highest BCUT2D eigenvalue weighted by molar-refractivity contribution is 6.31. The zero-order chi connectivity index (χ0) is 16.7. The van der Waals surface area contributed by atoms with Gasteiger partial charge in [-0.15, -0.1) is 0 Å². The lowest BCUT2D eigenvalue weighted by Crippen LogP contribution is -2.40. The molecule has 2 amide bonds. The first-order chi connectivity index (χ1) is 10.9. The number of imidazole rings is 1. The average Bonchev–Trinajstić information content (AvgIpc) is 2.85. The molecule has 0 unspecified atom stereocenters. The van der Waals surface area contributed by atoms with E-state index >= 15 is 0 Å². The first-order valence-electron chi connectivity index (χ1n) is 6.74. The van der Waals surface area contributed by atoms with Crippen LogP contribution >= 0.6 is 11.6 Å². The minimum atomic E-state index is -0.787. The van der Waals surface area contributed by atoms with E-state index in [1.165, 1.54) is 29.8 Å². The summed E-state index contributed by atoms with van der Waals surface area (Å²) in [5.74, 6) is -1.23. The fraction of sp³-hybridized carbons (Fsp3) is 0.214. The van der Waals surface area contributed by atoms with Crippen molar-refractivity contribution in [3.63, 3.8) is 0 Å². The third-order valence-electron chi connectivity index (χ3n) is 3.61. The number of carbonyl (C=O) groups excluding carboxylic acids is 2. The van der Waals surface area contributed by atoms with E-state index < -0.39 is 17.8 Å². The lowest BCUT2D eigenvalue weighted by Gasteiger charge is -2.27. The topological polar surface area (TPSA) is 102 Å². The van der Waals surface area contributed by atoms with Gasteiger partial charge in [0.1, 0.15) is 18.2 Å². The van der Waals surface area contributed by atoms with Crippen molar-refractivity contribution < 1.29 is 14.0 Å². The number of rotatable bonds is 2.